The van der Waals surface area contributed by atoms with Gasteiger partial charge in [0.05, 0.1) is 0 Å². The molecule has 0 spiro atoms. The number of rotatable bonds is 3. The van der Waals surface area contributed by atoms with E-state index >= 15 is 0 Å². The van der Waals surface area contributed by atoms with Crippen LogP contribution < -0.4 is 5.73 Å². The molecule has 2 unspecified atom stereocenters. The first-order chi connectivity index (χ1) is 10.6. The molecule has 0 aromatic carbocycles. The third kappa shape index (κ3) is 3.33. The Morgan fingerprint density at radius 2 is 1.91 bits per heavy atom. The minimum atomic E-state index is 0.107. The lowest BCUT2D eigenvalue weighted by Crippen LogP contribution is -2.54. The van der Waals surface area contributed by atoms with E-state index in [1.165, 1.54) is 38.6 Å². The van der Waals surface area contributed by atoms with E-state index in [0.717, 1.165) is 32.4 Å². The smallest absolute Gasteiger partial charge is 0.223 e. The number of carbonyl (C=O) groups is 1. The molecular weight excluding hydrogens is 274 g/mol. The zero-order valence-corrected chi connectivity index (χ0v) is 14.2. The maximum atomic E-state index is 12.8. The summed E-state index contributed by atoms with van der Waals surface area (Å²) in [4.78, 5) is 17.5. The van der Waals surface area contributed by atoms with Crippen LogP contribution in [0.5, 0.6) is 0 Å². The Morgan fingerprint density at radius 1 is 1.14 bits per heavy atom. The molecule has 3 aliphatic rings. The van der Waals surface area contributed by atoms with Crippen molar-refractivity contribution < 1.29 is 4.79 Å². The first-order valence-electron chi connectivity index (χ1n) is 9.32. The molecule has 0 radical (unpaired) electrons. The van der Waals surface area contributed by atoms with Gasteiger partial charge in [-0.15, -0.1) is 0 Å². The Kier molecular flexibility index (Phi) is 5.08. The lowest BCUT2D eigenvalue weighted by Gasteiger charge is -2.46. The topological polar surface area (TPSA) is 49.6 Å². The predicted octanol–water partition coefficient (Wildman–Crippen LogP) is 2.23. The third-order valence-corrected chi connectivity index (χ3v) is 6.57. The lowest BCUT2D eigenvalue weighted by molar-refractivity contribution is -0.137. The number of carbonyl (C=O) groups excluding carboxylic acids is 1. The molecule has 0 aromatic rings. The summed E-state index contributed by atoms with van der Waals surface area (Å²) in [5.74, 6) is 1.07. The zero-order valence-electron chi connectivity index (χ0n) is 14.2. The van der Waals surface area contributed by atoms with Gasteiger partial charge in [0.15, 0.2) is 0 Å². The van der Waals surface area contributed by atoms with E-state index in [9.17, 15) is 4.79 Å². The van der Waals surface area contributed by atoms with Crippen LogP contribution in [0.4, 0.5) is 0 Å². The summed E-state index contributed by atoms with van der Waals surface area (Å²) in [5.41, 5.74) is 6.17. The van der Waals surface area contributed by atoms with Crippen molar-refractivity contribution in [1.29, 1.82) is 0 Å². The molecule has 4 heteroatoms. The van der Waals surface area contributed by atoms with Gasteiger partial charge in [0.1, 0.15) is 0 Å². The summed E-state index contributed by atoms with van der Waals surface area (Å²) in [5, 5.41) is 0. The molecule has 22 heavy (non-hydrogen) atoms. The molecular formula is C18H33N3O. The summed E-state index contributed by atoms with van der Waals surface area (Å²) in [6, 6.07) is 0.705. The zero-order chi connectivity index (χ0) is 15.6. The van der Waals surface area contributed by atoms with Crippen molar-refractivity contribution in [2.75, 3.05) is 33.2 Å². The van der Waals surface area contributed by atoms with Crippen molar-refractivity contribution in [2.45, 2.75) is 63.8 Å². The second-order valence-electron chi connectivity index (χ2n) is 8.02. The highest BCUT2D eigenvalue weighted by atomic mass is 16.2. The highest BCUT2D eigenvalue weighted by Crippen LogP contribution is 2.39. The van der Waals surface area contributed by atoms with Crippen molar-refractivity contribution in [1.82, 2.24) is 9.80 Å². The Labute approximate surface area is 135 Å². The van der Waals surface area contributed by atoms with E-state index in [1.54, 1.807) is 0 Å². The van der Waals surface area contributed by atoms with Gasteiger partial charge in [0.2, 0.25) is 5.91 Å². The average Bonchev–Trinajstić information content (AvgIpc) is 2.55. The van der Waals surface area contributed by atoms with E-state index in [-0.39, 0.29) is 5.41 Å². The van der Waals surface area contributed by atoms with Crippen LogP contribution in [0.15, 0.2) is 0 Å². The number of hydrogen-bond donors (Lipinski definition) is 1. The fourth-order valence-electron chi connectivity index (χ4n) is 5.07. The second-order valence-corrected chi connectivity index (χ2v) is 8.02. The van der Waals surface area contributed by atoms with E-state index in [4.69, 9.17) is 5.73 Å². The monoisotopic (exact) mass is 307 g/mol. The lowest BCUT2D eigenvalue weighted by atomic mass is 9.71. The number of piperidine rings is 2. The molecule has 3 fully saturated rings. The summed E-state index contributed by atoms with van der Waals surface area (Å²) >= 11 is 0. The quantitative estimate of drug-likeness (QED) is 0.870. The molecule has 1 saturated carbocycles. The SMILES string of the molecule is CN1CCCC2CN(C(=O)CC3(CN)CCCCC3)CCC21. The minimum absolute atomic E-state index is 0.107. The molecule has 2 aliphatic heterocycles. The van der Waals surface area contributed by atoms with E-state index in [0.29, 0.717) is 30.8 Å². The number of hydrogen-bond acceptors (Lipinski definition) is 3. The van der Waals surface area contributed by atoms with Crippen molar-refractivity contribution in [3.63, 3.8) is 0 Å². The van der Waals surface area contributed by atoms with Gasteiger partial charge in [0.25, 0.3) is 0 Å². The number of amides is 1. The third-order valence-electron chi connectivity index (χ3n) is 6.57. The van der Waals surface area contributed by atoms with Gasteiger partial charge in [-0.25, -0.2) is 0 Å². The predicted molar refractivity (Wildman–Crippen MR) is 89.5 cm³/mol. The van der Waals surface area contributed by atoms with Crippen molar-refractivity contribution >= 4 is 5.91 Å². The van der Waals surface area contributed by atoms with Crippen LogP contribution in [0.2, 0.25) is 0 Å². The summed E-state index contributed by atoms with van der Waals surface area (Å²) in [6.07, 6.45) is 10.5. The van der Waals surface area contributed by atoms with Crippen LogP contribution in [-0.4, -0.2) is 55.0 Å². The van der Waals surface area contributed by atoms with Gasteiger partial charge in [0, 0.05) is 25.6 Å². The van der Waals surface area contributed by atoms with Crippen LogP contribution >= 0.6 is 0 Å². The van der Waals surface area contributed by atoms with Crippen LogP contribution in [0, 0.1) is 11.3 Å². The first-order valence-corrected chi connectivity index (χ1v) is 9.32. The van der Waals surface area contributed by atoms with Gasteiger partial charge >= 0.3 is 0 Å². The number of likely N-dealkylation sites (tertiary alicyclic amines) is 2. The summed E-state index contributed by atoms with van der Waals surface area (Å²) in [7, 11) is 2.25. The van der Waals surface area contributed by atoms with E-state index < -0.39 is 0 Å². The van der Waals surface area contributed by atoms with Crippen LogP contribution in [0.1, 0.15) is 57.8 Å². The number of fused-ring (bicyclic) bond motifs is 1. The minimum Gasteiger partial charge on any atom is -0.342 e. The Bertz CT molecular complexity index is 392. The average molecular weight is 307 g/mol. The molecule has 3 rings (SSSR count). The van der Waals surface area contributed by atoms with Gasteiger partial charge < -0.3 is 15.5 Å². The molecule has 1 aliphatic carbocycles. The molecule has 4 nitrogen and oxygen atoms in total. The van der Waals surface area contributed by atoms with E-state index in [2.05, 4.69) is 16.8 Å². The largest absolute Gasteiger partial charge is 0.342 e. The Hall–Kier alpha value is -0.610. The maximum Gasteiger partial charge on any atom is 0.223 e. The van der Waals surface area contributed by atoms with Gasteiger partial charge in [-0.3, -0.25) is 4.79 Å². The highest BCUT2D eigenvalue weighted by molar-refractivity contribution is 5.77. The van der Waals surface area contributed by atoms with E-state index in [1.807, 2.05) is 0 Å². The molecule has 2 N–H and O–H groups in total. The molecule has 126 valence electrons. The number of nitrogens with two attached hydrogens (primary N) is 1. The maximum absolute atomic E-state index is 12.8. The molecule has 0 aromatic heterocycles. The summed E-state index contributed by atoms with van der Waals surface area (Å²) in [6.45, 7) is 3.84. The molecule has 2 saturated heterocycles. The fraction of sp³-hybridized carbons (Fsp3) is 0.944. The van der Waals surface area contributed by atoms with Crippen molar-refractivity contribution in [3.05, 3.63) is 0 Å². The van der Waals surface area contributed by atoms with Crippen molar-refractivity contribution in [3.8, 4) is 0 Å². The normalized spacial score (nSPS) is 32.5. The Balaban J connectivity index is 1.58. The van der Waals surface area contributed by atoms with Crippen LogP contribution in [0.3, 0.4) is 0 Å². The fourth-order valence-corrected chi connectivity index (χ4v) is 5.07. The molecule has 1 amide bonds. The van der Waals surface area contributed by atoms with Gasteiger partial charge in [-0.2, -0.15) is 0 Å². The second kappa shape index (κ2) is 6.88. The van der Waals surface area contributed by atoms with Gasteiger partial charge in [-0.05, 0) is 63.6 Å². The highest BCUT2D eigenvalue weighted by Gasteiger charge is 2.39. The molecule has 2 heterocycles. The van der Waals surface area contributed by atoms with Gasteiger partial charge in [-0.1, -0.05) is 19.3 Å². The summed E-state index contributed by atoms with van der Waals surface area (Å²) < 4.78 is 0. The number of nitrogens with zero attached hydrogens (tertiary/aromatic N) is 2. The molecule has 0 bridgehead atoms. The Morgan fingerprint density at radius 3 is 2.64 bits per heavy atom. The standard InChI is InChI=1S/C18H33N3O/c1-20-10-5-6-15-13-21(11-7-16(15)20)17(22)12-18(14-19)8-3-2-4-9-18/h15-16H,2-14,19H2,1H3. The van der Waals surface area contributed by atoms with Crippen LogP contribution in [0.25, 0.3) is 0 Å². The molecule has 2 atom stereocenters. The van der Waals surface area contributed by atoms with Crippen LogP contribution in [-0.2, 0) is 4.79 Å². The van der Waals surface area contributed by atoms with Crippen molar-refractivity contribution in [2.24, 2.45) is 17.1 Å². The first kappa shape index (κ1) is 16.3.